The van der Waals surface area contributed by atoms with Crippen molar-refractivity contribution in [1.29, 1.82) is 0 Å². The summed E-state index contributed by atoms with van der Waals surface area (Å²) in [6.07, 6.45) is 3.11. The highest BCUT2D eigenvalue weighted by atomic mass is 35.5. The molecule has 0 unspecified atom stereocenters. The minimum atomic E-state index is -4.50. The molecule has 8 nitrogen and oxygen atoms in total. The third-order valence-corrected chi connectivity index (χ3v) is 5.72. The van der Waals surface area contributed by atoms with Crippen LogP contribution >= 0.6 is 11.6 Å². The van der Waals surface area contributed by atoms with E-state index < -0.39 is 24.2 Å². The van der Waals surface area contributed by atoms with Crippen LogP contribution in [0.15, 0.2) is 24.7 Å². The number of carbonyl (C=O) groups excluding carboxylic acids is 1. The fraction of sp³-hybridized carbons (Fsp3) is 0.400. The Bertz CT molecular complexity index is 1140. The summed E-state index contributed by atoms with van der Waals surface area (Å²) in [4.78, 5) is 28.7. The van der Waals surface area contributed by atoms with Gasteiger partial charge in [-0.15, -0.1) is 0 Å². The van der Waals surface area contributed by atoms with Gasteiger partial charge in [0.05, 0.1) is 16.9 Å². The van der Waals surface area contributed by atoms with Gasteiger partial charge in [0.25, 0.3) is 0 Å². The number of rotatable bonds is 5. The van der Waals surface area contributed by atoms with Crippen LogP contribution in [0.1, 0.15) is 32.1 Å². The van der Waals surface area contributed by atoms with Gasteiger partial charge < -0.3 is 21.4 Å². The van der Waals surface area contributed by atoms with E-state index in [1.165, 1.54) is 12.4 Å². The molecule has 0 saturated heterocycles. The van der Waals surface area contributed by atoms with E-state index in [1.807, 2.05) is 5.32 Å². The number of H-pyrrole nitrogens is 1. The molecule has 0 aromatic carbocycles. The number of halogens is 4. The smallest absolute Gasteiger partial charge is 0.396 e. The lowest BCUT2D eigenvalue weighted by molar-refractivity contribution is -0.141. The highest BCUT2D eigenvalue weighted by molar-refractivity contribution is 6.31. The molecule has 1 saturated carbocycles. The zero-order valence-corrected chi connectivity index (χ0v) is 17.6. The number of nitrogens with one attached hydrogen (secondary N) is 3. The summed E-state index contributed by atoms with van der Waals surface area (Å²) in [5, 5.41) is 6.15. The number of nitrogen functional groups attached to an aromatic ring is 1. The standard InChI is InChI=1S/C20H21ClF3N7O/c21-11-6-12-13(8-27-16(12)26-7-11)15-14(25)9-28-18(30-15)31-19(4-2-1-3-5-19)17(32)29-10-20(22,23)24/h6-9H,1-5,10,25H2,(H,26,27)(H,29,32)(H,28,30,31). The molecular formula is C20H21ClF3N7O. The summed E-state index contributed by atoms with van der Waals surface area (Å²) in [7, 11) is 0. The van der Waals surface area contributed by atoms with Gasteiger partial charge in [0.2, 0.25) is 11.9 Å². The average molecular weight is 468 g/mol. The zero-order chi connectivity index (χ0) is 22.9. The van der Waals surface area contributed by atoms with Crippen molar-refractivity contribution in [2.75, 3.05) is 17.6 Å². The first kappa shape index (κ1) is 22.1. The van der Waals surface area contributed by atoms with Gasteiger partial charge in [-0.3, -0.25) is 4.79 Å². The lowest BCUT2D eigenvalue weighted by Gasteiger charge is -2.36. The normalized spacial score (nSPS) is 16.1. The van der Waals surface area contributed by atoms with Crippen LogP contribution < -0.4 is 16.4 Å². The van der Waals surface area contributed by atoms with Gasteiger partial charge in [-0.25, -0.2) is 15.0 Å². The predicted molar refractivity (Wildman–Crippen MR) is 115 cm³/mol. The second kappa shape index (κ2) is 8.45. The quantitative estimate of drug-likeness (QED) is 0.449. The van der Waals surface area contributed by atoms with E-state index in [0.717, 1.165) is 6.42 Å². The molecule has 1 aliphatic rings. The van der Waals surface area contributed by atoms with Crippen LogP contribution in [-0.4, -0.2) is 44.1 Å². The maximum atomic E-state index is 12.8. The summed E-state index contributed by atoms with van der Waals surface area (Å²) in [5.41, 5.74) is 6.78. The molecule has 1 amide bonds. The Morgan fingerprint density at radius 2 is 1.97 bits per heavy atom. The number of aromatic amines is 1. The van der Waals surface area contributed by atoms with Crippen molar-refractivity contribution in [3.8, 4) is 11.3 Å². The first-order valence-electron chi connectivity index (χ1n) is 10.1. The van der Waals surface area contributed by atoms with Crippen LogP contribution in [-0.2, 0) is 4.79 Å². The largest absolute Gasteiger partial charge is 0.405 e. The first-order valence-corrected chi connectivity index (χ1v) is 10.4. The third-order valence-electron chi connectivity index (χ3n) is 5.51. The summed E-state index contributed by atoms with van der Waals surface area (Å²) in [5.74, 6) is -0.623. The SMILES string of the molecule is Nc1cnc(NC2(C(=O)NCC(F)(F)F)CCCCC2)nc1-c1c[nH]c2ncc(Cl)cc12. The molecule has 3 aromatic rings. The van der Waals surface area contributed by atoms with Gasteiger partial charge in [-0.1, -0.05) is 30.9 Å². The van der Waals surface area contributed by atoms with Crippen molar-refractivity contribution in [3.63, 3.8) is 0 Å². The number of fused-ring (bicyclic) bond motifs is 1. The molecule has 12 heteroatoms. The number of anilines is 2. The van der Waals surface area contributed by atoms with Crippen LogP contribution in [0.3, 0.4) is 0 Å². The number of pyridine rings is 1. The topological polar surface area (TPSA) is 122 Å². The molecule has 3 aromatic heterocycles. The number of hydrogen-bond donors (Lipinski definition) is 4. The van der Waals surface area contributed by atoms with E-state index in [0.29, 0.717) is 53.0 Å². The number of carbonyl (C=O) groups is 1. The fourth-order valence-electron chi connectivity index (χ4n) is 3.97. The average Bonchev–Trinajstić information content (AvgIpc) is 3.16. The number of alkyl halides is 3. The van der Waals surface area contributed by atoms with E-state index in [1.54, 1.807) is 12.3 Å². The van der Waals surface area contributed by atoms with Crippen LogP contribution in [0, 0.1) is 0 Å². The van der Waals surface area contributed by atoms with Crippen molar-refractivity contribution in [2.45, 2.75) is 43.8 Å². The minimum Gasteiger partial charge on any atom is -0.396 e. The lowest BCUT2D eigenvalue weighted by Crippen LogP contribution is -2.55. The lowest BCUT2D eigenvalue weighted by atomic mass is 9.81. The highest BCUT2D eigenvalue weighted by Crippen LogP contribution is 2.35. The number of nitrogens with zero attached hydrogens (tertiary/aromatic N) is 3. The van der Waals surface area contributed by atoms with Crippen molar-refractivity contribution in [3.05, 3.63) is 29.7 Å². The van der Waals surface area contributed by atoms with E-state index in [4.69, 9.17) is 17.3 Å². The minimum absolute atomic E-state index is 0.0996. The Hall–Kier alpha value is -3.08. The third kappa shape index (κ3) is 4.57. The molecule has 32 heavy (non-hydrogen) atoms. The molecule has 0 aliphatic heterocycles. The first-order chi connectivity index (χ1) is 15.2. The van der Waals surface area contributed by atoms with E-state index >= 15 is 0 Å². The Kier molecular flexibility index (Phi) is 5.85. The summed E-state index contributed by atoms with van der Waals surface area (Å²) >= 11 is 6.07. The Labute approximate surface area is 186 Å². The molecule has 0 bridgehead atoms. The molecule has 5 N–H and O–H groups in total. The number of nitrogens with two attached hydrogens (primary N) is 1. The Morgan fingerprint density at radius 1 is 1.22 bits per heavy atom. The molecular weight excluding hydrogens is 447 g/mol. The van der Waals surface area contributed by atoms with E-state index in [2.05, 4.69) is 25.3 Å². The molecule has 0 radical (unpaired) electrons. The maximum Gasteiger partial charge on any atom is 0.405 e. The van der Waals surface area contributed by atoms with Gasteiger partial charge >= 0.3 is 6.18 Å². The van der Waals surface area contributed by atoms with Crippen molar-refractivity contribution in [2.24, 2.45) is 0 Å². The summed E-state index contributed by atoms with van der Waals surface area (Å²) in [6.45, 7) is -1.40. The number of hydrogen-bond acceptors (Lipinski definition) is 6. The summed E-state index contributed by atoms with van der Waals surface area (Å²) < 4.78 is 38.0. The monoisotopic (exact) mass is 467 g/mol. The van der Waals surface area contributed by atoms with Gasteiger partial charge in [0, 0.05) is 23.3 Å². The van der Waals surface area contributed by atoms with E-state index in [9.17, 15) is 18.0 Å². The Balaban J connectivity index is 1.67. The second-order valence-electron chi connectivity index (χ2n) is 7.82. The number of aromatic nitrogens is 4. The molecule has 1 fully saturated rings. The van der Waals surface area contributed by atoms with Gasteiger partial charge in [-0.05, 0) is 18.9 Å². The van der Waals surface area contributed by atoms with Gasteiger partial charge in [0.1, 0.15) is 23.4 Å². The molecule has 1 aliphatic carbocycles. The van der Waals surface area contributed by atoms with Crippen LogP contribution in [0.5, 0.6) is 0 Å². The van der Waals surface area contributed by atoms with Crippen molar-refractivity contribution < 1.29 is 18.0 Å². The van der Waals surface area contributed by atoms with Crippen LogP contribution in [0.2, 0.25) is 5.02 Å². The van der Waals surface area contributed by atoms with Crippen molar-refractivity contribution in [1.82, 2.24) is 25.3 Å². The molecule has 0 spiro atoms. The number of amides is 1. The van der Waals surface area contributed by atoms with Crippen LogP contribution in [0.4, 0.5) is 24.8 Å². The molecule has 3 heterocycles. The molecule has 170 valence electrons. The fourth-order valence-corrected chi connectivity index (χ4v) is 4.13. The van der Waals surface area contributed by atoms with Gasteiger partial charge in [0.15, 0.2) is 0 Å². The zero-order valence-electron chi connectivity index (χ0n) is 16.9. The predicted octanol–water partition coefficient (Wildman–Crippen LogP) is 4.05. The van der Waals surface area contributed by atoms with E-state index in [-0.39, 0.29) is 11.6 Å². The van der Waals surface area contributed by atoms with Gasteiger partial charge in [-0.2, -0.15) is 13.2 Å². The van der Waals surface area contributed by atoms with Crippen molar-refractivity contribution >= 4 is 40.2 Å². The highest BCUT2D eigenvalue weighted by Gasteiger charge is 2.41. The maximum absolute atomic E-state index is 12.8. The Morgan fingerprint density at radius 3 is 2.69 bits per heavy atom. The van der Waals surface area contributed by atoms with Crippen LogP contribution in [0.25, 0.3) is 22.3 Å². The summed E-state index contributed by atoms with van der Waals surface area (Å²) in [6, 6.07) is 1.72. The second-order valence-corrected chi connectivity index (χ2v) is 8.25. The molecule has 4 rings (SSSR count). The molecule has 0 atom stereocenters.